The second kappa shape index (κ2) is 38.9. The van der Waals surface area contributed by atoms with E-state index in [-0.39, 0.29) is 31.6 Å². The van der Waals surface area contributed by atoms with Crippen LogP contribution in [0.1, 0.15) is 107 Å². The van der Waals surface area contributed by atoms with Crippen LogP contribution in [0.2, 0.25) is 0 Å². The van der Waals surface area contributed by atoms with Crippen molar-refractivity contribution < 1.29 is 84.7 Å². The van der Waals surface area contributed by atoms with Crippen LogP contribution in [-0.4, -0.2) is 210 Å². The van der Waals surface area contributed by atoms with Gasteiger partial charge in [0.1, 0.15) is 26.8 Å². The number of aliphatic hydroxyl groups excluding tert-OH is 9. The summed E-state index contributed by atoms with van der Waals surface area (Å²) in [5.74, 6) is -6.83. The van der Waals surface area contributed by atoms with E-state index >= 15 is 0 Å². The number of nitrogens with two attached hydrogens (primary N) is 1. The molecule has 0 radical (unpaired) electrons. The summed E-state index contributed by atoms with van der Waals surface area (Å²) in [7, 11) is 3.18. The smallest absolute Gasteiger partial charge is 0.311 e. The molecule has 3 aliphatic heterocycles. The van der Waals surface area contributed by atoms with Gasteiger partial charge in [0.25, 0.3) is 0 Å². The van der Waals surface area contributed by atoms with Crippen LogP contribution in [0.5, 0.6) is 0 Å². The van der Waals surface area contributed by atoms with E-state index < -0.39 is 147 Å². The monoisotopic (exact) mass is 1220 g/mol. The molecule has 0 aromatic carbocycles. The van der Waals surface area contributed by atoms with Crippen LogP contribution in [0.25, 0.3) is 0 Å². The fourth-order valence-electron chi connectivity index (χ4n) is 9.11. The zero-order valence-electron chi connectivity index (χ0n) is 47.9. The normalized spacial score (nSPS) is 38.5. The highest BCUT2D eigenvalue weighted by atomic mass is 33.1. The van der Waals surface area contributed by atoms with Crippen molar-refractivity contribution in [3.8, 4) is 0 Å². The lowest BCUT2D eigenvalue weighted by molar-refractivity contribution is -0.308. The molecule has 3 rings (SSSR count). The molecule has 462 valence electrons. The number of rotatable bonds is 7. The third kappa shape index (κ3) is 26.9. The summed E-state index contributed by atoms with van der Waals surface area (Å²) >= 11 is 10.7. The minimum absolute atomic E-state index is 0.107. The van der Waals surface area contributed by atoms with E-state index in [9.17, 15) is 65.8 Å². The van der Waals surface area contributed by atoms with Crippen molar-refractivity contribution in [3.63, 3.8) is 0 Å². The predicted octanol–water partition coefficient (Wildman–Crippen LogP) is 4.33. The number of carbonyl (C=O) groups is 2. The average molecular weight is 1220 g/mol. The lowest BCUT2D eigenvalue weighted by atomic mass is 9.82. The summed E-state index contributed by atoms with van der Waals surface area (Å²) in [5.41, 5.74) is 6.02. The molecular formula is C57H93N3O17S4. The first kappa shape index (κ1) is 74.1. The van der Waals surface area contributed by atoms with Gasteiger partial charge in [0, 0.05) is 63.7 Å². The highest BCUT2D eigenvalue weighted by Crippen LogP contribution is 2.38. The molecule has 0 aromatic heterocycles. The minimum Gasteiger partial charge on any atom is -0.481 e. The number of hydrogen-bond donors (Lipinski definition) is 12. The number of carbonyl (C=O) groups excluding carboxylic acids is 1. The SMILES string of the molecule is CCN(CC)C(=S)SSC(=S)N(CC)CC.C[C@@H]1[C@H](O)[C@@H](C)\C=C/C=C/C=C/C=C/C=C/C=C/C=C/[C@H](O[C@@H]2O[C@H](C)[C@@H](O)[C@H](N)[C@@H]2O)C[C@@H]2O[C@](O)(C[C@@H](O)C[C@@H](O)[C@H](O)CC[C@@H](O)C[C@@H](O)CC(=O)O[C@H]1C)C[C@H](O)[C@H]2C(=O)O. The first-order valence-corrected chi connectivity index (χ1v) is 30.8. The zero-order valence-corrected chi connectivity index (χ0v) is 51.2. The summed E-state index contributed by atoms with van der Waals surface area (Å²) in [6.07, 6.45) is 3.46. The van der Waals surface area contributed by atoms with Gasteiger partial charge in [0.05, 0.1) is 79.6 Å². The third-order valence-corrected chi connectivity index (χ3v) is 18.0. The first-order valence-electron chi connectivity index (χ1n) is 27.8. The number of aliphatic hydroxyl groups is 10. The van der Waals surface area contributed by atoms with Gasteiger partial charge in [-0.2, -0.15) is 0 Å². The number of fused-ring (bicyclic) bond motifs is 2. The van der Waals surface area contributed by atoms with Crippen molar-refractivity contribution in [2.45, 2.75) is 204 Å². The second-order valence-electron chi connectivity index (χ2n) is 20.6. The summed E-state index contributed by atoms with van der Waals surface area (Å²) in [6, 6.07) is -1.15. The summed E-state index contributed by atoms with van der Waals surface area (Å²) in [6.45, 7) is 19.0. The molecule has 19 atom stereocenters. The molecule has 0 aromatic rings. The van der Waals surface area contributed by atoms with Crippen molar-refractivity contribution in [2.75, 3.05) is 26.2 Å². The fourth-order valence-corrected chi connectivity index (χ4v) is 12.2. The van der Waals surface area contributed by atoms with Gasteiger partial charge in [-0.3, -0.25) is 9.59 Å². The standard InChI is InChI=1S/C47H73NO17.C10H20N2S4/c1-27-17-15-13-11-9-7-5-6-8-10-12-14-16-18-34(64-46-44(58)41(48)43(57)30(4)63-46)24-38-40(45(59)60)37(54)26-47(61,65-38)25-33(51)22-36(53)35(52)20-19-31(49)21-32(50)23-39(55)62-29(3)28(2)42(27)56;1-5-11(6-2)9(13)15-16-10(14)12(7-3)8-4/h5-18,27-38,40-44,46,49-54,56-58,61H,19-26,48H2,1-4H3,(H,59,60);5-8H2,1-4H3/b6-5+,9-7+,10-8+,13-11+,14-12+,17-15-,18-16+;/t27-,28-,29-,30+,31+,32+,33-,34-,35+,36+,37-,38-,40+,41-,42+,43+,44-,46-,47+;/m0./s1. The van der Waals surface area contributed by atoms with E-state index in [1.807, 2.05) is 19.1 Å². The molecule has 2 fully saturated rings. The van der Waals surface area contributed by atoms with Gasteiger partial charge in [-0.15, -0.1) is 0 Å². The van der Waals surface area contributed by atoms with Gasteiger partial charge in [-0.1, -0.05) is 123 Å². The molecule has 2 bridgehead atoms. The number of esters is 1. The van der Waals surface area contributed by atoms with Crippen LogP contribution in [0, 0.1) is 17.8 Å². The molecule has 3 heterocycles. The van der Waals surface area contributed by atoms with E-state index in [1.165, 1.54) is 13.0 Å². The van der Waals surface area contributed by atoms with Crippen LogP contribution in [0.3, 0.4) is 0 Å². The van der Waals surface area contributed by atoms with Crippen molar-refractivity contribution in [3.05, 3.63) is 85.1 Å². The van der Waals surface area contributed by atoms with Gasteiger partial charge >= 0.3 is 11.9 Å². The summed E-state index contributed by atoms with van der Waals surface area (Å²) in [5, 5.41) is 118. The molecule has 24 heteroatoms. The van der Waals surface area contributed by atoms with Gasteiger partial charge < -0.3 is 90.7 Å². The van der Waals surface area contributed by atoms with Crippen LogP contribution in [-0.2, 0) is 28.5 Å². The van der Waals surface area contributed by atoms with Crippen molar-refractivity contribution >= 4 is 66.6 Å². The molecule has 20 nitrogen and oxygen atoms in total. The Morgan fingerprint density at radius 2 is 1.16 bits per heavy atom. The second-order valence-corrected chi connectivity index (χ2v) is 24.0. The largest absolute Gasteiger partial charge is 0.481 e. The number of carboxylic acids is 1. The van der Waals surface area contributed by atoms with E-state index in [4.69, 9.17) is 49.1 Å². The molecule has 0 spiro atoms. The quantitative estimate of drug-likeness (QED) is 0.0959. The Morgan fingerprint density at radius 3 is 1.67 bits per heavy atom. The zero-order chi connectivity index (χ0) is 61.0. The summed E-state index contributed by atoms with van der Waals surface area (Å²) < 4.78 is 25.0. The maximum absolute atomic E-state index is 12.6. The van der Waals surface area contributed by atoms with Crippen LogP contribution in [0.4, 0.5) is 0 Å². The predicted molar refractivity (Wildman–Crippen MR) is 323 cm³/mol. The van der Waals surface area contributed by atoms with Crippen LogP contribution >= 0.6 is 46.0 Å². The molecule has 0 unspecified atom stereocenters. The Morgan fingerprint density at radius 1 is 0.654 bits per heavy atom. The summed E-state index contributed by atoms with van der Waals surface area (Å²) in [4.78, 5) is 29.4. The molecule has 0 amide bonds. The maximum Gasteiger partial charge on any atom is 0.311 e. The molecule has 0 aliphatic carbocycles. The highest BCUT2D eigenvalue weighted by Gasteiger charge is 2.51. The number of ether oxygens (including phenoxy) is 4. The van der Waals surface area contributed by atoms with E-state index in [2.05, 4.69) is 37.5 Å². The topological polar surface area (TPSA) is 326 Å². The lowest BCUT2D eigenvalue weighted by Crippen LogP contribution is -2.61. The molecule has 0 saturated carbocycles. The number of thiocarbonyl (C=S) groups is 2. The molecular weight excluding hydrogens is 1130 g/mol. The number of nitrogens with zero attached hydrogens (tertiary/aromatic N) is 2. The van der Waals surface area contributed by atoms with Gasteiger partial charge in [0.15, 0.2) is 12.1 Å². The van der Waals surface area contributed by atoms with Crippen LogP contribution < -0.4 is 5.73 Å². The van der Waals surface area contributed by atoms with Gasteiger partial charge in [-0.05, 0) is 82.4 Å². The number of cyclic esters (lactones) is 1. The highest BCUT2D eigenvalue weighted by molar-refractivity contribution is 8.89. The molecule has 81 heavy (non-hydrogen) atoms. The number of hydrogen-bond acceptors (Lipinski definition) is 21. The van der Waals surface area contributed by atoms with E-state index in [0.717, 1.165) is 34.8 Å². The van der Waals surface area contributed by atoms with Crippen molar-refractivity contribution in [2.24, 2.45) is 23.5 Å². The third-order valence-electron chi connectivity index (χ3n) is 14.2. The van der Waals surface area contributed by atoms with Crippen LogP contribution in [0.15, 0.2) is 85.1 Å². The number of allylic oxidation sites excluding steroid dienone is 12. The van der Waals surface area contributed by atoms with Gasteiger partial charge in [0.2, 0.25) is 0 Å². The number of aliphatic carboxylic acids is 1. The number of carboxylic acid groups (broad SMARTS) is 1. The molecule has 3 aliphatic rings. The maximum atomic E-state index is 12.6. The Bertz CT molecular complexity index is 2070. The Kier molecular flexibility index (Phi) is 35.6. The minimum atomic E-state index is -2.33. The molecule has 13 N–H and O–H groups in total. The average Bonchev–Trinajstić information content (AvgIpc) is 3.41. The van der Waals surface area contributed by atoms with E-state index in [1.54, 1.807) is 102 Å². The van der Waals surface area contributed by atoms with Gasteiger partial charge in [-0.25, -0.2) is 0 Å². The molecule has 2 saturated heterocycles. The lowest BCUT2D eigenvalue weighted by Gasteiger charge is -2.45. The Labute approximate surface area is 497 Å². The fraction of sp³-hybridized carbons (Fsp3) is 0.684. The Balaban J connectivity index is 0.00000121. The first-order chi connectivity index (χ1) is 38.2. The van der Waals surface area contributed by atoms with E-state index in [0.29, 0.717) is 0 Å². The van der Waals surface area contributed by atoms with Crippen molar-refractivity contribution in [1.29, 1.82) is 0 Å². The van der Waals surface area contributed by atoms with Crippen molar-refractivity contribution in [1.82, 2.24) is 9.80 Å². The Hall–Kier alpha value is -2.96.